The Bertz CT molecular complexity index is 380. The number of thioether (sulfide) groups is 1. The first-order chi connectivity index (χ1) is 7.15. The van der Waals surface area contributed by atoms with E-state index in [1.165, 1.54) is 23.4 Å². The molecule has 0 atom stereocenters. The molecule has 0 saturated carbocycles. The third-order valence-corrected chi connectivity index (χ3v) is 3.16. The molecule has 0 radical (unpaired) electrons. The lowest BCUT2D eigenvalue weighted by Crippen LogP contribution is -1.83. The van der Waals surface area contributed by atoms with Crippen LogP contribution < -0.4 is 0 Å². The highest BCUT2D eigenvalue weighted by Crippen LogP contribution is 2.29. The first kappa shape index (κ1) is 12.1. The third kappa shape index (κ3) is 3.56. The van der Waals surface area contributed by atoms with Gasteiger partial charge in [-0.3, -0.25) is 0 Å². The molecule has 1 aromatic carbocycles. The summed E-state index contributed by atoms with van der Waals surface area (Å²) in [6.07, 6.45) is 1.01. The van der Waals surface area contributed by atoms with Crippen LogP contribution in [0.4, 0.5) is 4.39 Å². The Kier molecular flexibility index (Phi) is 4.63. The number of benzene rings is 1. The fraction of sp³-hybridized carbons (Fsp3) is 0.231. The summed E-state index contributed by atoms with van der Waals surface area (Å²) in [5.74, 6) is -0.211. The van der Waals surface area contributed by atoms with Crippen LogP contribution in [0.15, 0.2) is 41.8 Å². The minimum absolute atomic E-state index is 0.211. The summed E-state index contributed by atoms with van der Waals surface area (Å²) < 4.78 is 13.4. The molecule has 0 aliphatic heterocycles. The fourth-order valence-electron chi connectivity index (χ4n) is 1.01. The molecular formula is C13H15FS. The summed E-state index contributed by atoms with van der Waals surface area (Å²) in [7, 11) is 0. The summed E-state index contributed by atoms with van der Waals surface area (Å²) in [5.41, 5.74) is 1.86. The van der Waals surface area contributed by atoms with Crippen LogP contribution >= 0.6 is 11.8 Å². The van der Waals surface area contributed by atoms with Gasteiger partial charge in [0, 0.05) is 10.5 Å². The highest BCUT2D eigenvalue weighted by atomic mass is 32.2. The fourth-order valence-corrected chi connectivity index (χ4v) is 1.81. The molecule has 0 fully saturated rings. The Morgan fingerprint density at radius 2 is 2.13 bits per heavy atom. The zero-order valence-corrected chi connectivity index (χ0v) is 9.90. The molecule has 0 bridgehead atoms. The molecule has 0 nitrogen and oxygen atoms in total. The molecule has 1 aromatic rings. The summed E-state index contributed by atoms with van der Waals surface area (Å²) in [6, 6.07) is 6.71. The van der Waals surface area contributed by atoms with E-state index < -0.39 is 0 Å². The van der Waals surface area contributed by atoms with Gasteiger partial charge in [0.2, 0.25) is 0 Å². The van der Waals surface area contributed by atoms with Gasteiger partial charge >= 0.3 is 0 Å². The minimum Gasteiger partial charge on any atom is -0.206 e. The molecule has 0 heterocycles. The maximum Gasteiger partial charge on any atom is 0.131 e. The van der Waals surface area contributed by atoms with Gasteiger partial charge < -0.3 is 0 Å². The second-order valence-electron chi connectivity index (χ2n) is 3.34. The molecule has 0 aromatic heterocycles. The van der Waals surface area contributed by atoms with Gasteiger partial charge in [-0.2, -0.15) is 0 Å². The normalized spacial score (nSPS) is 11.5. The molecular weight excluding hydrogens is 207 g/mol. The van der Waals surface area contributed by atoms with Crippen LogP contribution in [0, 0.1) is 5.82 Å². The zero-order chi connectivity index (χ0) is 11.3. The van der Waals surface area contributed by atoms with E-state index in [1.54, 1.807) is 12.1 Å². The summed E-state index contributed by atoms with van der Waals surface area (Å²) in [6.45, 7) is 8.02. The van der Waals surface area contributed by atoms with E-state index in [-0.39, 0.29) is 5.82 Å². The molecule has 15 heavy (non-hydrogen) atoms. The first-order valence-corrected chi connectivity index (χ1v) is 5.79. The van der Waals surface area contributed by atoms with E-state index in [9.17, 15) is 4.39 Å². The Hall–Kier alpha value is -1.02. The zero-order valence-electron chi connectivity index (χ0n) is 9.09. The summed E-state index contributed by atoms with van der Waals surface area (Å²) in [5, 5.41) is 2.02. The van der Waals surface area contributed by atoms with Crippen molar-refractivity contribution in [1.82, 2.24) is 0 Å². The quantitative estimate of drug-likeness (QED) is 0.702. The lowest BCUT2D eigenvalue weighted by atomic mass is 10.2. The Labute approximate surface area is 94.9 Å². The van der Waals surface area contributed by atoms with Crippen LogP contribution in [-0.4, -0.2) is 0 Å². The van der Waals surface area contributed by atoms with Crippen molar-refractivity contribution in [3.05, 3.63) is 53.2 Å². The Morgan fingerprint density at radius 3 is 2.73 bits per heavy atom. The number of halogens is 1. The standard InChI is InChI=1S/C13H15FS/c1-4-10(2)9-15-11(3)12-7-5-6-8-13(12)14/h5-9H,3-4H2,1-2H3/b10-9-. The van der Waals surface area contributed by atoms with E-state index in [2.05, 4.69) is 20.4 Å². The average molecular weight is 222 g/mol. The van der Waals surface area contributed by atoms with Crippen molar-refractivity contribution in [2.45, 2.75) is 20.3 Å². The Morgan fingerprint density at radius 1 is 1.47 bits per heavy atom. The summed E-state index contributed by atoms with van der Waals surface area (Å²) >= 11 is 1.48. The van der Waals surface area contributed by atoms with Crippen molar-refractivity contribution in [3.8, 4) is 0 Å². The SMILES string of the molecule is C=C(S/C=C(/C)CC)c1ccccc1F. The van der Waals surface area contributed by atoms with Crippen LogP contribution in [0.3, 0.4) is 0 Å². The number of hydrogen-bond acceptors (Lipinski definition) is 1. The van der Waals surface area contributed by atoms with E-state index in [0.717, 1.165) is 11.3 Å². The van der Waals surface area contributed by atoms with Gasteiger partial charge in [-0.05, 0) is 24.8 Å². The highest BCUT2D eigenvalue weighted by molar-refractivity contribution is 8.10. The van der Waals surface area contributed by atoms with Gasteiger partial charge in [-0.25, -0.2) is 4.39 Å². The minimum atomic E-state index is -0.211. The van der Waals surface area contributed by atoms with E-state index in [4.69, 9.17) is 0 Å². The molecule has 1 rings (SSSR count). The second kappa shape index (κ2) is 5.76. The molecule has 0 aliphatic carbocycles. The van der Waals surface area contributed by atoms with Crippen molar-refractivity contribution >= 4 is 16.7 Å². The van der Waals surface area contributed by atoms with Crippen molar-refractivity contribution in [1.29, 1.82) is 0 Å². The van der Waals surface area contributed by atoms with Crippen molar-refractivity contribution < 1.29 is 4.39 Å². The van der Waals surface area contributed by atoms with Gasteiger partial charge in [0.15, 0.2) is 0 Å². The van der Waals surface area contributed by atoms with Crippen LogP contribution in [0.1, 0.15) is 25.8 Å². The highest BCUT2D eigenvalue weighted by Gasteiger charge is 2.03. The largest absolute Gasteiger partial charge is 0.206 e. The van der Waals surface area contributed by atoms with Crippen LogP contribution in [0.25, 0.3) is 4.91 Å². The van der Waals surface area contributed by atoms with Crippen LogP contribution in [0.2, 0.25) is 0 Å². The van der Waals surface area contributed by atoms with Crippen molar-refractivity contribution in [2.75, 3.05) is 0 Å². The van der Waals surface area contributed by atoms with Gasteiger partial charge in [0.25, 0.3) is 0 Å². The topological polar surface area (TPSA) is 0 Å². The molecule has 0 aliphatic rings. The van der Waals surface area contributed by atoms with Crippen LogP contribution in [0.5, 0.6) is 0 Å². The predicted molar refractivity (Wildman–Crippen MR) is 67.1 cm³/mol. The van der Waals surface area contributed by atoms with Gasteiger partial charge in [-0.1, -0.05) is 49.0 Å². The molecule has 2 heteroatoms. The lowest BCUT2D eigenvalue weighted by Gasteiger charge is -2.04. The molecule has 80 valence electrons. The van der Waals surface area contributed by atoms with Crippen molar-refractivity contribution in [2.24, 2.45) is 0 Å². The van der Waals surface area contributed by atoms with Crippen molar-refractivity contribution in [3.63, 3.8) is 0 Å². The number of allylic oxidation sites excluding steroid dienone is 1. The van der Waals surface area contributed by atoms with E-state index in [0.29, 0.717) is 5.56 Å². The predicted octanol–water partition coefficient (Wildman–Crippen LogP) is 4.84. The number of rotatable bonds is 4. The smallest absolute Gasteiger partial charge is 0.131 e. The lowest BCUT2D eigenvalue weighted by molar-refractivity contribution is 0.625. The molecule has 0 amide bonds. The third-order valence-electron chi connectivity index (χ3n) is 2.13. The summed E-state index contributed by atoms with van der Waals surface area (Å²) in [4.78, 5) is 0.751. The van der Waals surface area contributed by atoms with Gasteiger partial charge in [-0.15, -0.1) is 0 Å². The monoisotopic (exact) mass is 222 g/mol. The van der Waals surface area contributed by atoms with Gasteiger partial charge in [0.05, 0.1) is 0 Å². The average Bonchev–Trinajstić information content (AvgIpc) is 2.26. The van der Waals surface area contributed by atoms with Crippen LogP contribution in [-0.2, 0) is 0 Å². The molecule has 0 unspecified atom stereocenters. The second-order valence-corrected chi connectivity index (χ2v) is 4.30. The van der Waals surface area contributed by atoms with E-state index >= 15 is 0 Å². The Balaban J connectivity index is 2.74. The molecule has 0 N–H and O–H groups in total. The molecule has 0 saturated heterocycles. The number of hydrogen-bond donors (Lipinski definition) is 0. The maximum absolute atomic E-state index is 13.4. The molecule has 0 spiro atoms. The first-order valence-electron chi connectivity index (χ1n) is 4.91. The van der Waals surface area contributed by atoms with Gasteiger partial charge in [0.1, 0.15) is 5.82 Å². The maximum atomic E-state index is 13.4. The van der Waals surface area contributed by atoms with E-state index in [1.807, 2.05) is 11.5 Å².